The minimum Gasteiger partial charge on any atom is -0.383 e. The quantitative estimate of drug-likeness (QED) is 0.0879. The second kappa shape index (κ2) is 13.7. The molecule has 9 nitrogen and oxygen atoms in total. The zero-order chi connectivity index (χ0) is 32.9. The van der Waals surface area contributed by atoms with E-state index in [-0.39, 0.29) is 28.1 Å². The lowest BCUT2D eigenvalue weighted by molar-refractivity contribution is -0.193. The molecule has 43 heavy (non-hydrogen) atoms. The highest BCUT2D eigenvalue weighted by molar-refractivity contribution is 8.01. The summed E-state index contributed by atoms with van der Waals surface area (Å²) in [5.74, 6) is -7.26. The van der Waals surface area contributed by atoms with Gasteiger partial charge in [0.05, 0.1) is 25.4 Å². The van der Waals surface area contributed by atoms with Gasteiger partial charge in [0, 0.05) is 5.69 Å². The zero-order valence-electron chi connectivity index (χ0n) is 22.0. The molecule has 6 N–H and O–H groups in total. The van der Waals surface area contributed by atoms with Crippen LogP contribution in [0.25, 0.3) is 11.1 Å². The van der Waals surface area contributed by atoms with E-state index in [1.165, 1.54) is 29.2 Å². The molecular weight excluding hydrogens is 646 g/mol. The number of amides is 1. The second-order valence-corrected chi connectivity index (χ2v) is 12.4. The van der Waals surface area contributed by atoms with Crippen molar-refractivity contribution in [2.24, 2.45) is 11.5 Å². The molecule has 0 atom stereocenters. The number of rotatable bonds is 8. The van der Waals surface area contributed by atoms with E-state index in [1.54, 1.807) is 30.5 Å². The summed E-state index contributed by atoms with van der Waals surface area (Å²) in [4.78, 5) is 31.5. The van der Waals surface area contributed by atoms with Gasteiger partial charge in [0.2, 0.25) is 15.7 Å². The number of Topliss-reactive ketones (excluding diaryl/α,β-unsaturated/α-hetero) is 2. The number of aryl methyl sites for hydroxylation is 1. The van der Waals surface area contributed by atoms with E-state index in [9.17, 15) is 49.1 Å². The molecule has 18 heteroatoms. The number of alkyl halides is 6. The van der Waals surface area contributed by atoms with Crippen LogP contribution in [0, 0.1) is 12.3 Å². The Morgan fingerprint density at radius 1 is 0.977 bits per heavy atom. The van der Waals surface area contributed by atoms with Crippen molar-refractivity contribution in [1.82, 2.24) is 0 Å². The molecule has 0 unspecified atom stereocenters. The lowest BCUT2D eigenvalue weighted by Crippen LogP contribution is -2.39. The molecule has 3 aromatic rings. The smallest absolute Gasteiger partial charge is 0.383 e. The van der Waals surface area contributed by atoms with E-state index >= 15 is 0 Å². The highest BCUT2D eigenvalue weighted by atomic mass is 32.2. The summed E-state index contributed by atoms with van der Waals surface area (Å²) in [7, 11) is -3.80. The normalized spacial score (nSPS) is 11.7. The predicted molar refractivity (Wildman–Crippen MR) is 149 cm³/mol. The van der Waals surface area contributed by atoms with E-state index in [0.717, 1.165) is 16.7 Å². The number of ketones is 2. The van der Waals surface area contributed by atoms with E-state index in [4.69, 9.17) is 16.9 Å². The van der Waals surface area contributed by atoms with Gasteiger partial charge < -0.3 is 16.8 Å². The average molecular weight is 669 g/mol. The van der Waals surface area contributed by atoms with Gasteiger partial charge in [-0.1, -0.05) is 18.2 Å². The minimum absolute atomic E-state index is 0.105. The van der Waals surface area contributed by atoms with Gasteiger partial charge in [-0.05, 0) is 60.2 Å². The number of carbonyl (C=O) groups excluding carboxylic acids is 3. The third kappa shape index (κ3) is 8.88. The van der Waals surface area contributed by atoms with Gasteiger partial charge in [-0.2, -0.15) is 26.3 Å². The number of amidine groups is 1. The van der Waals surface area contributed by atoms with Crippen LogP contribution in [0.1, 0.15) is 10.4 Å². The van der Waals surface area contributed by atoms with E-state index in [2.05, 4.69) is 5.32 Å². The number of hydrogen-bond acceptors (Lipinski definition) is 9. The van der Waals surface area contributed by atoms with Gasteiger partial charge in [0.25, 0.3) is 0 Å². The Morgan fingerprint density at radius 3 is 2.02 bits per heavy atom. The molecule has 2 aromatic carbocycles. The van der Waals surface area contributed by atoms with Gasteiger partial charge in [-0.25, -0.2) is 8.42 Å². The standard InChI is InChI=1S/C21H22N4O3S3.C4F6O2/c1-12-8-14(25-19(26)11-22)6-7-16(12)13-4-3-5-15(9-13)31(27,28)18-10-17(20(23)24)30-21(18)29-2;5-3(6,7)1(11)2(12)4(8,9)10/h3-10H,11,22H2,1-2H3,(H3,23,24)(H,25,26);. The first-order valence-corrected chi connectivity index (χ1v) is 15.0. The molecule has 232 valence electrons. The Bertz CT molecular complexity index is 1640. The lowest BCUT2D eigenvalue weighted by atomic mass is 10.00. The second-order valence-electron chi connectivity index (χ2n) is 8.35. The molecule has 0 saturated heterocycles. The number of anilines is 1. The number of halogens is 6. The van der Waals surface area contributed by atoms with Gasteiger partial charge in [0.15, 0.2) is 0 Å². The van der Waals surface area contributed by atoms with Crippen LogP contribution in [0.4, 0.5) is 32.0 Å². The van der Waals surface area contributed by atoms with Gasteiger partial charge in [0.1, 0.15) is 5.84 Å². The third-order valence-electron chi connectivity index (χ3n) is 5.28. The molecular formula is C25H22F6N4O5S3. The zero-order valence-corrected chi connectivity index (χ0v) is 24.5. The minimum atomic E-state index is -5.77. The summed E-state index contributed by atoms with van der Waals surface area (Å²) >= 11 is 2.50. The number of benzene rings is 2. The summed E-state index contributed by atoms with van der Waals surface area (Å²) in [6, 6.07) is 13.6. The van der Waals surface area contributed by atoms with Crippen LogP contribution < -0.4 is 16.8 Å². The molecule has 0 saturated carbocycles. The Balaban J connectivity index is 0.000000455. The highest BCUT2D eigenvalue weighted by Gasteiger charge is 2.54. The Kier molecular flexibility index (Phi) is 11.3. The molecule has 3 rings (SSSR count). The first kappa shape index (κ1) is 35.5. The van der Waals surface area contributed by atoms with Gasteiger partial charge >= 0.3 is 23.9 Å². The van der Waals surface area contributed by atoms with Gasteiger partial charge in [-0.3, -0.25) is 19.8 Å². The molecule has 0 bridgehead atoms. The number of thiophene rings is 1. The monoisotopic (exact) mass is 668 g/mol. The maximum atomic E-state index is 13.3. The number of nitrogens with two attached hydrogens (primary N) is 2. The Labute approximate surface area is 249 Å². The van der Waals surface area contributed by atoms with Crippen LogP contribution in [-0.2, 0) is 24.2 Å². The number of nitrogens with one attached hydrogen (secondary N) is 2. The summed E-state index contributed by atoms with van der Waals surface area (Å²) in [6.07, 6.45) is -9.75. The molecule has 0 aliphatic heterocycles. The average Bonchev–Trinajstić information content (AvgIpc) is 3.38. The fraction of sp³-hybridized carbons (Fsp3) is 0.200. The third-order valence-corrected chi connectivity index (χ3v) is 9.62. The molecule has 0 aliphatic rings. The van der Waals surface area contributed by atoms with Crippen molar-refractivity contribution in [2.75, 3.05) is 18.1 Å². The summed E-state index contributed by atoms with van der Waals surface area (Å²) in [5.41, 5.74) is 14.0. The van der Waals surface area contributed by atoms with Crippen LogP contribution in [0.3, 0.4) is 0 Å². The summed E-state index contributed by atoms with van der Waals surface area (Å²) in [6.45, 7) is 1.78. The van der Waals surface area contributed by atoms with Crippen LogP contribution in [0.15, 0.2) is 62.5 Å². The van der Waals surface area contributed by atoms with Crippen LogP contribution in [0.5, 0.6) is 0 Å². The van der Waals surface area contributed by atoms with Crippen molar-refractivity contribution in [2.45, 2.75) is 33.3 Å². The molecule has 1 amide bonds. The topological polar surface area (TPSA) is 173 Å². The molecule has 1 heterocycles. The van der Waals surface area contributed by atoms with Gasteiger partial charge in [-0.15, -0.1) is 23.1 Å². The van der Waals surface area contributed by atoms with Crippen LogP contribution in [-0.4, -0.2) is 56.9 Å². The van der Waals surface area contributed by atoms with Crippen molar-refractivity contribution < 1.29 is 49.1 Å². The Morgan fingerprint density at radius 2 is 1.56 bits per heavy atom. The predicted octanol–water partition coefficient (Wildman–Crippen LogP) is 4.71. The van der Waals surface area contributed by atoms with Crippen molar-refractivity contribution >= 4 is 61.9 Å². The van der Waals surface area contributed by atoms with Crippen molar-refractivity contribution in [3.8, 4) is 11.1 Å². The first-order chi connectivity index (χ1) is 19.7. The van der Waals surface area contributed by atoms with E-state index < -0.39 is 33.8 Å². The van der Waals surface area contributed by atoms with E-state index in [1.807, 2.05) is 25.1 Å². The maximum Gasteiger partial charge on any atom is 0.458 e. The fourth-order valence-electron chi connectivity index (χ4n) is 3.31. The van der Waals surface area contributed by atoms with Crippen LogP contribution in [0.2, 0.25) is 0 Å². The maximum absolute atomic E-state index is 13.3. The first-order valence-electron chi connectivity index (χ1n) is 11.4. The summed E-state index contributed by atoms with van der Waals surface area (Å²) < 4.78 is 94.2. The number of sulfone groups is 1. The molecule has 1 aromatic heterocycles. The molecule has 0 radical (unpaired) electrons. The highest BCUT2D eigenvalue weighted by Crippen LogP contribution is 2.38. The number of thioether (sulfide) groups is 1. The number of carbonyl (C=O) groups is 3. The Hall–Kier alpha value is -3.74. The number of nitrogen functional groups attached to an aromatic ring is 1. The molecule has 0 spiro atoms. The number of hydrogen-bond donors (Lipinski definition) is 4. The lowest BCUT2D eigenvalue weighted by Gasteiger charge is -2.11. The SMILES string of the molecule is CSc1sc(C(=N)N)cc1S(=O)(=O)c1cccc(-c2ccc(NC(=O)CN)cc2C)c1.O=C(C(=O)C(F)(F)F)C(F)(F)F. The summed E-state index contributed by atoms with van der Waals surface area (Å²) in [5, 5.41) is 10.3. The van der Waals surface area contributed by atoms with Crippen molar-refractivity contribution in [3.05, 3.63) is 59.0 Å². The van der Waals surface area contributed by atoms with E-state index in [0.29, 0.717) is 14.8 Å². The van der Waals surface area contributed by atoms with Crippen LogP contribution >= 0.6 is 23.1 Å². The van der Waals surface area contributed by atoms with Crippen molar-refractivity contribution in [3.63, 3.8) is 0 Å². The molecule has 0 aliphatic carbocycles. The molecule has 0 fully saturated rings. The fourth-order valence-corrected chi connectivity index (χ4v) is 7.22. The van der Waals surface area contributed by atoms with Crippen molar-refractivity contribution in [1.29, 1.82) is 5.41 Å². The largest absolute Gasteiger partial charge is 0.458 e.